The van der Waals surface area contributed by atoms with E-state index in [1.54, 1.807) is 13.2 Å². The van der Waals surface area contributed by atoms with Crippen LogP contribution in [0.2, 0.25) is 0 Å². The molecule has 0 aliphatic carbocycles. The first kappa shape index (κ1) is 19.3. The maximum absolute atomic E-state index is 12.4. The van der Waals surface area contributed by atoms with Gasteiger partial charge in [0.15, 0.2) is 5.82 Å². The number of aromatic nitrogens is 3. The number of amides is 3. The Morgan fingerprint density at radius 1 is 1.21 bits per heavy atom. The molecule has 0 saturated carbocycles. The lowest BCUT2D eigenvalue weighted by Crippen LogP contribution is -2.31. The number of fused-ring (bicyclic) bond motifs is 1. The summed E-state index contributed by atoms with van der Waals surface area (Å²) in [6.45, 7) is 3.49. The number of carbonyl (C=O) groups excluding carboxylic acids is 2. The van der Waals surface area contributed by atoms with Crippen LogP contribution in [0, 0.1) is 0 Å². The summed E-state index contributed by atoms with van der Waals surface area (Å²) in [5, 5.41) is 15.8. The number of carbonyl (C=O) groups is 2. The maximum Gasteiger partial charge on any atom is 0.320 e. The molecular formula is C19H22N6O3. The number of ether oxygens (including phenoxy) is 1. The van der Waals surface area contributed by atoms with Crippen LogP contribution < -0.4 is 16.0 Å². The fourth-order valence-electron chi connectivity index (χ4n) is 2.86. The third-order valence-corrected chi connectivity index (χ3v) is 4.08. The average molecular weight is 382 g/mol. The third kappa shape index (κ3) is 4.44. The summed E-state index contributed by atoms with van der Waals surface area (Å²) in [7, 11) is 1.54. The number of H-pyrrole nitrogens is 1. The normalized spacial score (nSPS) is 11.8. The second-order valence-electron chi connectivity index (χ2n) is 6.29. The second-order valence-corrected chi connectivity index (χ2v) is 6.29. The molecule has 9 heteroatoms. The highest BCUT2D eigenvalue weighted by molar-refractivity contribution is 6.01. The van der Waals surface area contributed by atoms with Gasteiger partial charge < -0.3 is 15.4 Å². The van der Waals surface area contributed by atoms with E-state index in [0.717, 1.165) is 5.56 Å². The number of rotatable bonds is 6. The van der Waals surface area contributed by atoms with Crippen molar-refractivity contribution >= 4 is 34.5 Å². The minimum atomic E-state index is -0.381. The monoisotopic (exact) mass is 382 g/mol. The van der Waals surface area contributed by atoms with Gasteiger partial charge in [-0.1, -0.05) is 30.3 Å². The zero-order valence-electron chi connectivity index (χ0n) is 15.9. The molecule has 0 unspecified atom stereocenters. The SMILES string of the molecule is COCc1nc(NC(=O)N[C@H](C)c2ccccc2)cc2[nH]nc(NC(C)=O)c12. The number of methoxy groups -OCH3 is 1. The zero-order valence-corrected chi connectivity index (χ0v) is 15.9. The first-order valence-corrected chi connectivity index (χ1v) is 8.75. The van der Waals surface area contributed by atoms with Gasteiger partial charge in [-0.2, -0.15) is 5.10 Å². The first-order valence-electron chi connectivity index (χ1n) is 8.75. The fourth-order valence-corrected chi connectivity index (χ4v) is 2.86. The van der Waals surface area contributed by atoms with Crippen molar-refractivity contribution in [3.8, 4) is 0 Å². The lowest BCUT2D eigenvalue weighted by molar-refractivity contribution is -0.114. The second kappa shape index (κ2) is 8.49. The third-order valence-electron chi connectivity index (χ3n) is 4.08. The van der Waals surface area contributed by atoms with Crippen LogP contribution in [0.4, 0.5) is 16.4 Å². The van der Waals surface area contributed by atoms with Crippen molar-refractivity contribution in [2.45, 2.75) is 26.5 Å². The maximum atomic E-state index is 12.4. The Balaban J connectivity index is 1.81. The van der Waals surface area contributed by atoms with E-state index in [0.29, 0.717) is 28.2 Å². The molecule has 0 saturated heterocycles. The average Bonchev–Trinajstić information content (AvgIpc) is 3.04. The molecule has 1 aromatic carbocycles. The van der Waals surface area contributed by atoms with Crippen molar-refractivity contribution in [1.82, 2.24) is 20.5 Å². The highest BCUT2D eigenvalue weighted by Crippen LogP contribution is 2.26. The van der Waals surface area contributed by atoms with E-state index in [4.69, 9.17) is 4.74 Å². The van der Waals surface area contributed by atoms with Crippen LogP contribution in [0.5, 0.6) is 0 Å². The molecule has 0 bridgehead atoms. The molecule has 2 aromatic heterocycles. The van der Waals surface area contributed by atoms with Gasteiger partial charge in [-0.05, 0) is 12.5 Å². The number of pyridine rings is 1. The predicted octanol–water partition coefficient (Wildman–Crippen LogP) is 2.95. The van der Waals surface area contributed by atoms with E-state index in [1.807, 2.05) is 37.3 Å². The summed E-state index contributed by atoms with van der Waals surface area (Å²) < 4.78 is 5.20. The van der Waals surface area contributed by atoms with Crippen LogP contribution >= 0.6 is 0 Å². The van der Waals surface area contributed by atoms with Crippen molar-refractivity contribution in [3.05, 3.63) is 47.7 Å². The minimum Gasteiger partial charge on any atom is -0.378 e. The molecule has 28 heavy (non-hydrogen) atoms. The fraction of sp³-hybridized carbons (Fsp3) is 0.263. The standard InChI is InChI=1S/C19H22N6O3/c1-11(13-7-5-4-6-8-13)20-19(27)23-16-9-14-17(15(22-16)10-28-3)18(25-24-14)21-12(2)26/h4-9,11H,10H2,1-3H3,(H2,20,22,23,27)(H2,21,24,25,26)/t11-/m1/s1. The molecule has 146 valence electrons. The van der Waals surface area contributed by atoms with Gasteiger partial charge in [0.1, 0.15) is 5.82 Å². The largest absolute Gasteiger partial charge is 0.378 e. The van der Waals surface area contributed by atoms with E-state index in [-0.39, 0.29) is 24.6 Å². The number of anilines is 2. The van der Waals surface area contributed by atoms with E-state index in [2.05, 4.69) is 31.1 Å². The van der Waals surface area contributed by atoms with Gasteiger partial charge in [-0.15, -0.1) is 0 Å². The first-order chi connectivity index (χ1) is 13.5. The number of benzene rings is 1. The molecule has 2 heterocycles. The summed E-state index contributed by atoms with van der Waals surface area (Å²) in [5.74, 6) is 0.472. The van der Waals surface area contributed by atoms with E-state index in [1.165, 1.54) is 6.92 Å². The van der Waals surface area contributed by atoms with Gasteiger partial charge in [0, 0.05) is 20.1 Å². The van der Waals surface area contributed by atoms with Crippen LogP contribution in [0.1, 0.15) is 31.1 Å². The Morgan fingerprint density at radius 2 is 1.96 bits per heavy atom. The molecule has 1 atom stereocenters. The lowest BCUT2D eigenvalue weighted by atomic mass is 10.1. The minimum absolute atomic E-state index is 0.165. The molecule has 0 aliphatic heterocycles. The molecule has 0 spiro atoms. The molecule has 0 radical (unpaired) electrons. The molecule has 3 amide bonds. The highest BCUT2D eigenvalue weighted by Gasteiger charge is 2.16. The van der Waals surface area contributed by atoms with Gasteiger partial charge in [0.05, 0.1) is 29.2 Å². The van der Waals surface area contributed by atoms with Gasteiger partial charge in [-0.3, -0.25) is 15.2 Å². The Labute approximate surface area is 161 Å². The van der Waals surface area contributed by atoms with Crippen molar-refractivity contribution < 1.29 is 14.3 Å². The van der Waals surface area contributed by atoms with Gasteiger partial charge >= 0.3 is 6.03 Å². The molecule has 0 fully saturated rings. The van der Waals surface area contributed by atoms with Crippen molar-refractivity contribution in [1.29, 1.82) is 0 Å². The summed E-state index contributed by atoms with van der Waals surface area (Å²) in [5.41, 5.74) is 2.16. The Kier molecular flexibility index (Phi) is 5.85. The molecule has 3 aromatic rings. The van der Waals surface area contributed by atoms with Crippen LogP contribution in [0.3, 0.4) is 0 Å². The van der Waals surface area contributed by atoms with Crippen LogP contribution in [-0.2, 0) is 16.1 Å². The van der Waals surface area contributed by atoms with Gasteiger partial charge in [-0.25, -0.2) is 9.78 Å². The van der Waals surface area contributed by atoms with Crippen molar-refractivity contribution in [3.63, 3.8) is 0 Å². The van der Waals surface area contributed by atoms with Crippen LogP contribution in [0.25, 0.3) is 10.9 Å². The number of urea groups is 1. The molecule has 9 nitrogen and oxygen atoms in total. The van der Waals surface area contributed by atoms with E-state index in [9.17, 15) is 9.59 Å². The number of hydrogen-bond acceptors (Lipinski definition) is 5. The zero-order chi connectivity index (χ0) is 20.1. The molecule has 0 aliphatic rings. The summed E-state index contributed by atoms with van der Waals surface area (Å²) in [6.07, 6.45) is 0. The van der Waals surface area contributed by atoms with E-state index >= 15 is 0 Å². The van der Waals surface area contributed by atoms with Crippen LogP contribution in [-0.4, -0.2) is 34.2 Å². The van der Waals surface area contributed by atoms with E-state index < -0.39 is 0 Å². The summed E-state index contributed by atoms with van der Waals surface area (Å²) in [4.78, 5) is 28.2. The topological polar surface area (TPSA) is 121 Å². The lowest BCUT2D eigenvalue weighted by Gasteiger charge is -2.15. The molecule has 4 N–H and O–H groups in total. The van der Waals surface area contributed by atoms with Crippen molar-refractivity contribution in [2.24, 2.45) is 0 Å². The number of hydrogen-bond donors (Lipinski definition) is 4. The highest BCUT2D eigenvalue weighted by atomic mass is 16.5. The van der Waals surface area contributed by atoms with Gasteiger partial charge in [0.2, 0.25) is 5.91 Å². The number of nitrogens with one attached hydrogen (secondary N) is 4. The van der Waals surface area contributed by atoms with Crippen LogP contribution in [0.15, 0.2) is 36.4 Å². The Morgan fingerprint density at radius 3 is 2.64 bits per heavy atom. The smallest absolute Gasteiger partial charge is 0.320 e. The summed E-state index contributed by atoms with van der Waals surface area (Å²) in [6, 6.07) is 10.8. The Bertz CT molecular complexity index is 986. The quantitative estimate of drug-likeness (QED) is 0.522. The predicted molar refractivity (Wildman–Crippen MR) is 106 cm³/mol. The summed E-state index contributed by atoms with van der Waals surface area (Å²) >= 11 is 0. The van der Waals surface area contributed by atoms with Gasteiger partial charge in [0.25, 0.3) is 0 Å². The Hall–Kier alpha value is -3.46. The molecular weight excluding hydrogens is 360 g/mol. The molecule has 3 rings (SSSR count). The number of nitrogens with zero attached hydrogens (tertiary/aromatic N) is 2. The number of aromatic amines is 1. The van der Waals surface area contributed by atoms with Crippen molar-refractivity contribution in [2.75, 3.05) is 17.7 Å².